The molecule has 0 saturated carbocycles. The van der Waals surface area contributed by atoms with E-state index in [1.165, 1.54) is 19.3 Å². The normalized spacial score (nSPS) is 18.8. The fourth-order valence-electron chi connectivity index (χ4n) is 2.51. The lowest BCUT2D eigenvalue weighted by molar-refractivity contribution is 0.233. The molecule has 0 spiro atoms. The molecule has 0 unspecified atom stereocenters. The van der Waals surface area contributed by atoms with Crippen molar-refractivity contribution in [3.63, 3.8) is 0 Å². The number of nitrogens with one attached hydrogen (secondary N) is 1. The Labute approximate surface area is 116 Å². The largest absolute Gasteiger partial charge is 0.432 e. The van der Waals surface area contributed by atoms with Crippen LogP contribution < -0.4 is 10.2 Å². The molecule has 0 bridgehead atoms. The number of aromatic nitrogens is 1. The van der Waals surface area contributed by atoms with Crippen LogP contribution in [-0.2, 0) is 6.54 Å². The Hall–Kier alpha value is -1.03. The summed E-state index contributed by atoms with van der Waals surface area (Å²) >= 11 is 0. The van der Waals surface area contributed by atoms with Gasteiger partial charge < -0.3 is 14.6 Å². The Morgan fingerprint density at radius 2 is 2.11 bits per heavy atom. The van der Waals surface area contributed by atoms with E-state index < -0.39 is 0 Å². The Bertz CT molecular complexity index is 380. The molecule has 2 heterocycles. The second kappa shape index (κ2) is 6.42. The molecule has 1 aromatic heterocycles. The lowest BCUT2D eigenvalue weighted by Crippen LogP contribution is -2.38. The molecule has 0 radical (unpaired) electrons. The maximum atomic E-state index is 5.61. The summed E-state index contributed by atoms with van der Waals surface area (Å²) in [6.07, 6.45) is 6.65. The van der Waals surface area contributed by atoms with Crippen LogP contribution in [0, 0.1) is 5.41 Å². The van der Waals surface area contributed by atoms with Gasteiger partial charge in [-0.05, 0) is 31.2 Å². The first-order valence-electron chi connectivity index (χ1n) is 7.57. The fourth-order valence-corrected chi connectivity index (χ4v) is 2.51. The van der Waals surface area contributed by atoms with Gasteiger partial charge in [0.25, 0.3) is 6.01 Å². The minimum Gasteiger partial charge on any atom is -0.432 e. The molecule has 0 aliphatic carbocycles. The smallest absolute Gasteiger partial charge is 0.297 e. The molecule has 4 heteroatoms. The van der Waals surface area contributed by atoms with Gasteiger partial charge in [-0.25, -0.2) is 0 Å². The van der Waals surface area contributed by atoms with Crippen LogP contribution in [0.4, 0.5) is 6.01 Å². The van der Waals surface area contributed by atoms with E-state index in [0.29, 0.717) is 5.41 Å². The van der Waals surface area contributed by atoms with E-state index >= 15 is 0 Å². The third-order valence-corrected chi connectivity index (χ3v) is 4.37. The highest BCUT2D eigenvalue weighted by Crippen LogP contribution is 2.35. The van der Waals surface area contributed by atoms with Gasteiger partial charge in [-0.15, -0.1) is 0 Å². The van der Waals surface area contributed by atoms with Crippen molar-refractivity contribution in [2.24, 2.45) is 5.41 Å². The number of hydrogen-bond acceptors (Lipinski definition) is 4. The van der Waals surface area contributed by atoms with Gasteiger partial charge in [0.2, 0.25) is 0 Å². The molecule has 1 fully saturated rings. The predicted octanol–water partition coefficient (Wildman–Crippen LogP) is 3.19. The quantitative estimate of drug-likeness (QED) is 0.802. The van der Waals surface area contributed by atoms with Gasteiger partial charge in [0.15, 0.2) is 0 Å². The molecule has 1 aromatic rings. The summed E-state index contributed by atoms with van der Waals surface area (Å²) in [5.74, 6) is 0. The van der Waals surface area contributed by atoms with Crippen LogP contribution in [0.3, 0.4) is 0 Å². The van der Waals surface area contributed by atoms with Gasteiger partial charge in [-0.2, -0.15) is 4.98 Å². The molecule has 2 rings (SSSR count). The SMILES string of the molecule is CCCNCc1coc(N2CCC(C)(CC)CC2)n1. The lowest BCUT2D eigenvalue weighted by Gasteiger charge is -2.38. The second-order valence-electron chi connectivity index (χ2n) is 5.95. The molecule has 19 heavy (non-hydrogen) atoms. The molecule has 1 aliphatic rings. The van der Waals surface area contributed by atoms with Crippen molar-refractivity contribution in [1.29, 1.82) is 0 Å². The van der Waals surface area contributed by atoms with Crippen LogP contribution in [0.2, 0.25) is 0 Å². The van der Waals surface area contributed by atoms with E-state index in [1.807, 2.05) is 0 Å². The topological polar surface area (TPSA) is 41.3 Å². The van der Waals surface area contributed by atoms with E-state index in [9.17, 15) is 0 Å². The molecule has 108 valence electrons. The third-order valence-electron chi connectivity index (χ3n) is 4.37. The van der Waals surface area contributed by atoms with Crippen molar-refractivity contribution in [3.05, 3.63) is 12.0 Å². The molecular weight excluding hydrogens is 238 g/mol. The summed E-state index contributed by atoms with van der Waals surface area (Å²) in [4.78, 5) is 6.85. The predicted molar refractivity (Wildman–Crippen MR) is 78.3 cm³/mol. The third kappa shape index (κ3) is 3.72. The van der Waals surface area contributed by atoms with Crippen molar-refractivity contribution >= 4 is 6.01 Å². The van der Waals surface area contributed by atoms with E-state index in [-0.39, 0.29) is 0 Å². The fraction of sp³-hybridized carbons (Fsp3) is 0.800. The maximum absolute atomic E-state index is 5.61. The number of rotatable bonds is 6. The minimum absolute atomic E-state index is 0.509. The van der Waals surface area contributed by atoms with Crippen LogP contribution >= 0.6 is 0 Å². The second-order valence-corrected chi connectivity index (χ2v) is 5.95. The number of anilines is 1. The van der Waals surface area contributed by atoms with Gasteiger partial charge in [-0.3, -0.25) is 0 Å². The zero-order valence-electron chi connectivity index (χ0n) is 12.5. The van der Waals surface area contributed by atoms with Gasteiger partial charge >= 0.3 is 0 Å². The monoisotopic (exact) mass is 265 g/mol. The van der Waals surface area contributed by atoms with Crippen LogP contribution in [0.25, 0.3) is 0 Å². The van der Waals surface area contributed by atoms with Gasteiger partial charge in [0.05, 0.1) is 5.69 Å². The summed E-state index contributed by atoms with van der Waals surface area (Å²) in [7, 11) is 0. The number of oxazole rings is 1. The van der Waals surface area contributed by atoms with Crippen molar-refractivity contribution in [2.75, 3.05) is 24.5 Å². The molecule has 4 nitrogen and oxygen atoms in total. The van der Waals surface area contributed by atoms with E-state index in [0.717, 1.165) is 44.3 Å². The average molecular weight is 265 g/mol. The van der Waals surface area contributed by atoms with Gasteiger partial charge in [-0.1, -0.05) is 27.2 Å². The van der Waals surface area contributed by atoms with Gasteiger partial charge in [0, 0.05) is 19.6 Å². The molecule has 0 amide bonds. The Balaban J connectivity index is 1.86. The summed E-state index contributed by atoms with van der Waals surface area (Å²) in [6, 6.07) is 0.798. The van der Waals surface area contributed by atoms with Crippen molar-refractivity contribution in [3.8, 4) is 0 Å². The first kappa shape index (κ1) is 14.4. The van der Waals surface area contributed by atoms with Crippen molar-refractivity contribution in [2.45, 2.75) is 53.0 Å². The average Bonchev–Trinajstić information content (AvgIpc) is 2.89. The van der Waals surface area contributed by atoms with Crippen LogP contribution in [0.1, 0.15) is 52.1 Å². The number of hydrogen-bond donors (Lipinski definition) is 1. The highest BCUT2D eigenvalue weighted by molar-refractivity contribution is 5.28. The Kier molecular flexibility index (Phi) is 4.86. The van der Waals surface area contributed by atoms with E-state index in [4.69, 9.17) is 4.42 Å². The van der Waals surface area contributed by atoms with E-state index in [1.54, 1.807) is 6.26 Å². The zero-order valence-corrected chi connectivity index (χ0v) is 12.5. The van der Waals surface area contributed by atoms with Crippen molar-refractivity contribution < 1.29 is 4.42 Å². The Morgan fingerprint density at radius 1 is 1.37 bits per heavy atom. The zero-order chi connectivity index (χ0) is 13.7. The molecule has 1 saturated heterocycles. The standard InChI is InChI=1S/C15H27N3O/c1-4-8-16-11-13-12-19-14(17-13)18-9-6-15(3,5-2)7-10-18/h12,16H,4-11H2,1-3H3. The molecule has 0 atom stereocenters. The summed E-state index contributed by atoms with van der Waals surface area (Å²) in [5.41, 5.74) is 1.52. The molecule has 1 N–H and O–H groups in total. The summed E-state index contributed by atoms with van der Waals surface area (Å²) in [5, 5.41) is 3.35. The summed E-state index contributed by atoms with van der Waals surface area (Å²) in [6.45, 7) is 10.8. The molecule has 0 aromatic carbocycles. The maximum Gasteiger partial charge on any atom is 0.297 e. The van der Waals surface area contributed by atoms with Crippen LogP contribution in [-0.4, -0.2) is 24.6 Å². The summed E-state index contributed by atoms with van der Waals surface area (Å²) < 4.78 is 5.61. The van der Waals surface area contributed by atoms with Gasteiger partial charge in [0.1, 0.15) is 6.26 Å². The van der Waals surface area contributed by atoms with Crippen molar-refractivity contribution in [1.82, 2.24) is 10.3 Å². The highest BCUT2D eigenvalue weighted by atomic mass is 16.4. The first-order valence-corrected chi connectivity index (χ1v) is 7.57. The Morgan fingerprint density at radius 3 is 2.74 bits per heavy atom. The highest BCUT2D eigenvalue weighted by Gasteiger charge is 2.29. The molecule has 1 aliphatic heterocycles. The molecular formula is C15H27N3O. The minimum atomic E-state index is 0.509. The number of piperidine rings is 1. The van der Waals surface area contributed by atoms with E-state index in [2.05, 4.69) is 36.0 Å². The van der Waals surface area contributed by atoms with Crippen LogP contribution in [0.5, 0.6) is 0 Å². The number of nitrogens with zero attached hydrogens (tertiary/aromatic N) is 2. The van der Waals surface area contributed by atoms with Crippen LogP contribution in [0.15, 0.2) is 10.7 Å². The first-order chi connectivity index (χ1) is 9.17. The lowest BCUT2D eigenvalue weighted by atomic mass is 9.78.